The smallest absolute Gasteiger partial charge is 0.230 e. The lowest BCUT2D eigenvalue weighted by molar-refractivity contribution is -0.135. The van der Waals surface area contributed by atoms with Crippen LogP contribution in [0.2, 0.25) is 0 Å². The Hall–Kier alpha value is -4.58. The molecule has 0 radical (unpaired) electrons. The van der Waals surface area contributed by atoms with Gasteiger partial charge in [0.05, 0.1) is 50.8 Å². The van der Waals surface area contributed by atoms with Gasteiger partial charge in [-0.1, -0.05) is 0 Å². The van der Waals surface area contributed by atoms with Gasteiger partial charge in [-0.25, -0.2) is 14.4 Å². The van der Waals surface area contributed by atoms with Gasteiger partial charge < -0.3 is 34.4 Å². The number of carbonyl (C=O) groups excluding carboxylic acids is 1. The molecule has 0 spiro atoms. The summed E-state index contributed by atoms with van der Waals surface area (Å²) in [5.74, 6) is 1.35. The van der Waals surface area contributed by atoms with E-state index in [0.717, 1.165) is 56.5 Å². The molecule has 4 heterocycles. The number of hydrogen-bond acceptors (Lipinski definition) is 12. The number of nitrogens with one attached hydrogen (secondary N) is 1. The Morgan fingerprint density at radius 1 is 1.13 bits per heavy atom. The van der Waals surface area contributed by atoms with Crippen LogP contribution in [0, 0.1) is 11.3 Å². The number of aliphatic hydroxyl groups is 1. The molecular weight excluding hydrogens is 595 g/mol. The van der Waals surface area contributed by atoms with Crippen LogP contribution in [0.15, 0.2) is 42.7 Å². The molecule has 242 valence electrons. The van der Waals surface area contributed by atoms with Crippen molar-refractivity contribution in [2.45, 2.75) is 31.2 Å². The lowest BCUT2D eigenvalue weighted by Crippen LogP contribution is -2.56. The molecule has 3 aliphatic rings. The van der Waals surface area contributed by atoms with Gasteiger partial charge in [0.25, 0.3) is 0 Å². The second-order valence-corrected chi connectivity index (χ2v) is 11.5. The molecule has 1 aromatic heterocycles. The van der Waals surface area contributed by atoms with Crippen molar-refractivity contribution in [2.24, 2.45) is 0 Å². The van der Waals surface area contributed by atoms with E-state index in [4.69, 9.17) is 19.3 Å². The Balaban J connectivity index is 1.11. The molecule has 6 rings (SSSR count). The quantitative estimate of drug-likeness (QED) is 0.338. The predicted octanol–water partition coefficient (Wildman–Crippen LogP) is 2.38. The van der Waals surface area contributed by atoms with Crippen LogP contribution in [0.1, 0.15) is 18.4 Å². The first-order valence-electron chi connectivity index (χ1n) is 15.4. The zero-order valence-electron chi connectivity index (χ0n) is 25.6. The Morgan fingerprint density at radius 2 is 1.96 bits per heavy atom. The highest BCUT2D eigenvalue weighted by atomic mass is 19.1. The van der Waals surface area contributed by atoms with Gasteiger partial charge in [-0.3, -0.25) is 9.69 Å². The Morgan fingerprint density at radius 3 is 2.65 bits per heavy atom. The van der Waals surface area contributed by atoms with Gasteiger partial charge in [-0.2, -0.15) is 10.2 Å². The van der Waals surface area contributed by atoms with Crippen molar-refractivity contribution in [1.82, 2.24) is 24.8 Å². The molecule has 2 atom stereocenters. The number of alkyl halides is 1. The van der Waals surface area contributed by atoms with E-state index in [9.17, 15) is 14.4 Å². The maximum Gasteiger partial charge on any atom is 0.230 e. The van der Waals surface area contributed by atoms with Crippen LogP contribution >= 0.6 is 0 Å². The highest BCUT2D eigenvalue weighted by Gasteiger charge is 2.33. The molecule has 13 nitrogen and oxygen atoms in total. The van der Waals surface area contributed by atoms with Crippen molar-refractivity contribution in [1.29, 1.82) is 5.26 Å². The second-order valence-electron chi connectivity index (χ2n) is 11.5. The van der Waals surface area contributed by atoms with Crippen molar-refractivity contribution >= 4 is 23.2 Å². The van der Waals surface area contributed by atoms with E-state index in [2.05, 4.69) is 36.1 Å². The highest BCUT2D eigenvalue weighted by molar-refractivity contribution is 5.76. The second kappa shape index (κ2) is 14.2. The third-order valence-electron chi connectivity index (χ3n) is 8.60. The molecule has 3 aromatic rings. The van der Waals surface area contributed by atoms with Gasteiger partial charge in [-0.05, 0) is 30.3 Å². The third kappa shape index (κ3) is 6.96. The van der Waals surface area contributed by atoms with Crippen LogP contribution in [0.5, 0.6) is 11.5 Å². The first-order chi connectivity index (χ1) is 22.4. The van der Waals surface area contributed by atoms with Crippen LogP contribution < -0.4 is 19.7 Å². The fourth-order valence-corrected chi connectivity index (χ4v) is 5.92. The van der Waals surface area contributed by atoms with Crippen molar-refractivity contribution in [3.05, 3.63) is 48.3 Å². The normalized spacial score (nSPS) is 20.5. The number of benzene rings is 2. The molecule has 2 unspecified atom stereocenters. The van der Waals surface area contributed by atoms with Crippen LogP contribution in [0.3, 0.4) is 0 Å². The van der Waals surface area contributed by atoms with E-state index in [1.54, 1.807) is 25.3 Å². The first-order valence-corrected chi connectivity index (χ1v) is 15.4. The molecule has 2 aromatic carbocycles. The van der Waals surface area contributed by atoms with Crippen LogP contribution in [0.4, 0.5) is 21.7 Å². The van der Waals surface area contributed by atoms with Gasteiger partial charge in [0.2, 0.25) is 11.9 Å². The number of amides is 1. The third-order valence-corrected chi connectivity index (χ3v) is 8.60. The minimum atomic E-state index is -1.43. The molecule has 0 bridgehead atoms. The number of anilines is 3. The number of hydrogen-bond donors (Lipinski definition) is 2. The summed E-state index contributed by atoms with van der Waals surface area (Å²) in [4.78, 5) is 31.3. The van der Waals surface area contributed by atoms with E-state index in [-0.39, 0.29) is 43.2 Å². The van der Waals surface area contributed by atoms with Crippen molar-refractivity contribution in [3.8, 4) is 29.0 Å². The summed E-state index contributed by atoms with van der Waals surface area (Å²) in [5, 5.41) is 22.1. The molecule has 3 fully saturated rings. The lowest BCUT2D eigenvalue weighted by atomic mass is 10.0. The number of ether oxygens (including phenoxy) is 3. The van der Waals surface area contributed by atoms with Gasteiger partial charge in [-0.15, -0.1) is 0 Å². The number of piperidine rings is 1. The number of aliphatic hydroxyl groups excluding tert-OH is 1. The zero-order chi connectivity index (χ0) is 32.0. The topological polar surface area (TPSA) is 149 Å². The predicted molar refractivity (Wildman–Crippen MR) is 167 cm³/mol. The Labute approximate surface area is 266 Å². The van der Waals surface area contributed by atoms with Gasteiger partial charge in [0.15, 0.2) is 12.0 Å². The summed E-state index contributed by atoms with van der Waals surface area (Å²) in [6, 6.07) is 13.5. The number of nitriles is 1. The van der Waals surface area contributed by atoms with Crippen molar-refractivity contribution < 1.29 is 28.5 Å². The van der Waals surface area contributed by atoms with Crippen LogP contribution in [-0.2, 0) is 9.53 Å². The number of likely N-dealkylation sites (tertiary alicyclic amines) is 1. The maximum atomic E-state index is 14.9. The monoisotopic (exact) mass is 632 g/mol. The van der Waals surface area contributed by atoms with E-state index in [1.165, 1.54) is 11.2 Å². The summed E-state index contributed by atoms with van der Waals surface area (Å²) in [6.07, 6.45) is -0.614. The van der Waals surface area contributed by atoms with E-state index in [1.807, 2.05) is 18.2 Å². The average Bonchev–Trinajstić information content (AvgIpc) is 3.05. The maximum absolute atomic E-state index is 14.9. The molecule has 3 aliphatic heterocycles. The summed E-state index contributed by atoms with van der Waals surface area (Å²) < 4.78 is 31.9. The number of halogens is 1. The highest BCUT2D eigenvalue weighted by Crippen LogP contribution is 2.34. The average molecular weight is 633 g/mol. The number of rotatable bonds is 10. The minimum absolute atomic E-state index is 0.0395. The van der Waals surface area contributed by atoms with E-state index < -0.39 is 12.3 Å². The first kappa shape index (κ1) is 31.4. The Bertz CT molecular complexity index is 1580. The summed E-state index contributed by atoms with van der Waals surface area (Å²) in [7, 11) is 1.66. The van der Waals surface area contributed by atoms with E-state index >= 15 is 0 Å². The van der Waals surface area contributed by atoms with Gasteiger partial charge in [0, 0.05) is 62.9 Å². The molecule has 46 heavy (non-hydrogen) atoms. The molecule has 2 N–H and O–H groups in total. The number of methoxy groups -OCH3 is 1. The fraction of sp³-hybridized carbons (Fsp3) is 0.469. The zero-order valence-corrected chi connectivity index (χ0v) is 25.6. The van der Waals surface area contributed by atoms with Crippen molar-refractivity contribution in [2.75, 3.05) is 76.4 Å². The molecule has 14 heteroatoms. The Kier molecular flexibility index (Phi) is 9.72. The van der Waals surface area contributed by atoms with Crippen molar-refractivity contribution in [3.63, 3.8) is 0 Å². The SMILES string of the molecule is COc1cc(Nc2ncnc(-c3ccc(OC4CCN(C(=O)CCO)CC4F)c(C#N)c3)n2)ccc1N1CCN(C2COC2)CC1. The largest absolute Gasteiger partial charge is 0.495 e. The number of aromatic nitrogens is 3. The molecule has 1 amide bonds. The summed E-state index contributed by atoms with van der Waals surface area (Å²) in [5.41, 5.74) is 2.55. The van der Waals surface area contributed by atoms with Gasteiger partial charge in [0.1, 0.15) is 30.0 Å². The number of carbonyl (C=O) groups is 1. The van der Waals surface area contributed by atoms with E-state index in [0.29, 0.717) is 29.9 Å². The van der Waals surface area contributed by atoms with Gasteiger partial charge >= 0.3 is 0 Å². The number of nitrogens with zero attached hydrogens (tertiary/aromatic N) is 7. The standard InChI is InChI=1S/C32H37FN8O5/c1-44-29-15-23(3-4-26(29)40-11-9-39(10-12-40)24-18-45-19-24)37-32-36-20-35-31(38-32)21-2-5-27(22(14-21)16-34)46-28-6-8-41(17-25(28)33)30(43)7-13-42/h2-5,14-15,20,24-25,28,42H,6-13,17-19H2,1H3,(H,35,36,37,38). The molecule has 0 saturated carbocycles. The van der Waals surface area contributed by atoms with Crippen LogP contribution in [-0.4, -0.2) is 120 Å². The molecule has 3 saturated heterocycles. The summed E-state index contributed by atoms with van der Waals surface area (Å²) in [6.45, 7) is 5.33. The minimum Gasteiger partial charge on any atom is -0.495 e. The number of piperazine rings is 1. The summed E-state index contributed by atoms with van der Waals surface area (Å²) >= 11 is 0. The molecular formula is C32H37FN8O5. The fourth-order valence-electron chi connectivity index (χ4n) is 5.92. The van der Waals surface area contributed by atoms with Crippen LogP contribution in [0.25, 0.3) is 11.4 Å². The lowest BCUT2D eigenvalue weighted by Gasteiger charge is -2.43. The molecule has 0 aliphatic carbocycles.